The summed E-state index contributed by atoms with van der Waals surface area (Å²) in [6.45, 7) is 0.468. The molecule has 0 heterocycles. The lowest BCUT2D eigenvalue weighted by Gasteiger charge is -2.09. The Hall–Kier alpha value is -0.690. The molecule has 0 aliphatic heterocycles. The fourth-order valence-corrected chi connectivity index (χ4v) is 3.29. The van der Waals surface area contributed by atoms with Crippen molar-refractivity contribution in [1.82, 2.24) is 4.72 Å². The summed E-state index contributed by atoms with van der Waals surface area (Å²) in [6.07, 6.45) is 2.16. The molecular weight excluding hydrogens is 292 g/mol. The summed E-state index contributed by atoms with van der Waals surface area (Å²) in [6, 6.07) is 4.45. The molecule has 3 N–H and O–H groups in total. The Morgan fingerprint density at radius 2 is 2.17 bits per heavy atom. The first-order valence-electron chi connectivity index (χ1n) is 5.49. The summed E-state index contributed by atoms with van der Waals surface area (Å²) in [4.78, 5) is 0.247. The average molecular weight is 305 g/mol. The van der Waals surface area contributed by atoms with Gasteiger partial charge in [-0.25, -0.2) is 13.1 Å². The zero-order valence-electron chi connectivity index (χ0n) is 9.52. The third kappa shape index (κ3) is 3.20. The maximum Gasteiger partial charge on any atom is 0.242 e. The Morgan fingerprint density at radius 3 is 2.67 bits per heavy atom. The Balaban J connectivity index is 2.23. The lowest BCUT2D eigenvalue weighted by Crippen LogP contribution is -2.26. The second-order valence-electron chi connectivity index (χ2n) is 4.30. The number of nitrogens with one attached hydrogen (secondary N) is 1. The van der Waals surface area contributed by atoms with Gasteiger partial charge < -0.3 is 5.73 Å². The van der Waals surface area contributed by atoms with Gasteiger partial charge in [-0.15, -0.1) is 0 Å². The van der Waals surface area contributed by atoms with Gasteiger partial charge in [0.05, 0.1) is 5.02 Å². The number of sulfonamides is 1. The third-order valence-electron chi connectivity index (χ3n) is 2.76. The van der Waals surface area contributed by atoms with Crippen LogP contribution in [-0.4, -0.2) is 20.0 Å². The van der Waals surface area contributed by atoms with Gasteiger partial charge in [-0.2, -0.15) is 0 Å². The van der Waals surface area contributed by atoms with Gasteiger partial charge in [0.2, 0.25) is 10.0 Å². The van der Waals surface area contributed by atoms with Gasteiger partial charge in [0.15, 0.2) is 0 Å². The van der Waals surface area contributed by atoms with Gasteiger partial charge in [-0.3, -0.25) is 0 Å². The van der Waals surface area contributed by atoms with Crippen molar-refractivity contribution in [1.29, 1.82) is 0 Å². The lowest BCUT2D eigenvalue weighted by atomic mass is 10.2. The standard InChI is InChI=1S/C11H13ClN2O2S2/c12-9-5-8(11(13)17)3-4-10(9)18(15,16)14-6-7-1-2-7/h3-5,7,14H,1-2,6H2,(H2,13,17). The molecule has 2 rings (SSSR count). The molecule has 0 atom stereocenters. The molecule has 0 amide bonds. The first-order valence-corrected chi connectivity index (χ1v) is 7.76. The predicted molar refractivity (Wildman–Crippen MR) is 75.3 cm³/mol. The average Bonchev–Trinajstić information content (AvgIpc) is 3.09. The molecule has 1 saturated carbocycles. The second kappa shape index (κ2) is 5.13. The van der Waals surface area contributed by atoms with Crippen LogP contribution in [0.5, 0.6) is 0 Å². The monoisotopic (exact) mass is 304 g/mol. The Morgan fingerprint density at radius 1 is 1.50 bits per heavy atom. The molecule has 4 nitrogen and oxygen atoms in total. The number of nitrogens with two attached hydrogens (primary N) is 1. The molecule has 1 aromatic carbocycles. The molecule has 7 heteroatoms. The Kier molecular flexibility index (Phi) is 3.91. The van der Waals surface area contributed by atoms with Crippen molar-refractivity contribution < 1.29 is 8.42 Å². The molecule has 1 aliphatic rings. The highest BCUT2D eigenvalue weighted by Gasteiger charge is 2.25. The highest BCUT2D eigenvalue weighted by Crippen LogP contribution is 2.29. The Bertz CT molecular complexity index is 583. The summed E-state index contributed by atoms with van der Waals surface area (Å²) >= 11 is 10.8. The van der Waals surface area contributed by atoms with Crippen LogP contribution in [0, 0.1) is 5.92 Å². The highest BCUT2D eigenvalue weighted by molar-refractivity contribution is 7.89. The molecule has 1 fully saturated rings. The molecule has 0 radical (unpaired) electrons. The first kappa shape index (κ1) is 13.7. The molecule has 0 saturated heterocycles. The van der Waals surface area contributed by atoms with Crippen molar-refractivity contribution in [2.24, 2.45) is 11.7 Å². The van der Waals surface area contributed by atoms with Crippen LogP contribution in [0.25, 0.3) is 0 Å². The van der Waals surface area contributed by atoms with E-state index in [0.29, 0.717) is 18.0 Å². The fraction of sp³-hybridized carbons (Fsp3) is 0.364. The molecule has 1 aliphatic carbocycles. The minimum atomic E-state index is -3.55. The van der Waals surface area contributed by atoms with Crippen LogP contribution >= 0.6 is 23.8 Å². The van der Waals surface area contributed by atoms with Crippen LogP contribution < -0.4 is 10.5 Å². The quantitative estimate of drug-likeness (QED) is 0.812. The maximum atomic E-state index is 12.0. The van der Waals surface area contributed by atoms with E-state index in [0.717, 1.165) is 12.8 Å². The van der Waals surface area contributed by atoms with E-state index in [1.54, 1.807) is 6.07 Å². The van der Waals surface area contributed by atoms with Gasteiger partial charge in [-0.1, -0.05) is 29.9 Å². The number of thiocarbonyl (C=S) groups is 1. The maximum absolute atomic E-state index is 12.0. The molecule has 98 valence electrons. The summed E-state index contributed by atoms with van der Waals surface area (Å²) in [5.41, 5.74) is 6.01. The third-order valence-corrected chi connectivity index (χ3v) is 4.91. The zero-order chi connectivity index (χ0) is 13.3. The van der Waals surface area contributed by atoms with Crippen molar-refractivity contribution in [2.45, 2.75) is 17.7 Å². The fourth-order valence-electron chi connectivity index (χ4n) is 1.50. The number of hydrogen-bond donors (Lipinski definition) is 2. The molecular formula is C11H13ClN2O2S2. The normalized spacial score (nSPS) is 15.6. The Labute approximate surface area is 117 Å². The van der Waals surface area contributed by atoms with Crippen molar-refractivity contribution >= 4 is 38.8 Å². The largest absolute Gasteiger partial charge is 0.389 e. The van der Waals surface area contributed by atoms with Gasteiger partial charge in [0, 0.05) is 12.1 Å². The van der Waals surface area contributed by atoms with Crippen molar-refractivity contribution in [3.63, 3.8) is 0 Å². The van der Waals surface area contributed by atoms with Crippen LogP contribution in [0.15, 0.2) is 23.1 Å². The van der Waals surface area contributed by atoms with Crippen LogP contribution in [-0.2, 0) is 10.0 Å². The number of rotatable bonds is 5. The van der Waals surface area contributed by atoms with E-state index in [9.17, 15) is 8.42 Å². The van der Waals surface area contributed by atoms with E-state index in [-0.39, 0.29) is 14.9 Å². The SMILES string of the molecule is NC(=S)c1ccc(S(=O)(=O)NCC2CC2)c(Cl)c1. The minimum Gasteiger partial charge on any atom is -0.389 e. The predicted octanol–water partition coefficient (Wildman–Crippen LogP) is 1.66. The lowest BCUT2D eigenvalue weighted by molar-refractivity contribution is 0.577. The molecule has 18 heavy (non-hydrogen) atoms. The highest BCUT2D eigenvalue weighted by atomic mass is 35.5. The van der Waals surface area contributed by atoms with E-state index in [4.69, 9.17) is 29.6 Å². The molecule has 0 bridgehead atoms. The summed E-state index contributed by atoms with van der Waals surface area (Å²) < 4.78 is 26.6. The van der Waals surface area contributed by atoms with Gasteiger partial charge in [-0.05, 0) is 30.9 Å². The molecule has 0 spiro atoms. The van der Waals surface area contributed by atoms with E-state index < -0.39 is 10.0 Å². The summed E-state index contributed by atoms with van der Waals surface area (Å²) in [5, 5.41) is 0.128. The zero-order valence-corrected chi connectivity index (χ0v) is 11.9. The molecule has 1 aromatic rings. The van der Waals surface area contributed by atoms with Crippen LogP contribution in [0.3, 0.4) is 0 Å². The molecule has 0 unspecified atom stereocenters. The van der Waals surface area contributed by atoms with Crippen molar-refractivity contribution in [3.8, 4) is 0 Å². The number of hydrogen-bond acceptors (Lipinski definition) is 3. The van der Waals surface area contributed by atoms with Crippen LogP contribution in [0.2, 0.25) is 5.02 Å². The van der Waals surface area contributed by atoms with Crippen LogP contribution in [0.1, 0.15) is 18.4 Å². The van der Waals surface area contributed by atoms with Crippen molar-refractivity contribution in [3.05, 3.63) is 28.8 Å². The van der Waals surface area contributed by atoms with Crippen LogP contribution in [0.4, 0.5) is 0 Å². The number of halogens is 1. The smallest absolute Gasteiger partial charge is 0.242 e. The summed E-state index contributed by atoms with van der Waals surface area (Å²) in [5.74, 6) is 0.467. The topological polar surface area (TPSA) is 72.2 Å². The van der Waals surface area contributed by atoms with Crippen molar-refractivity contribution in [2.75, 3.05) is 6.54 Å². The molecule has 0 aromatic heterocycles. The summed E-state index contributed by atoms with van der Waals surface area (Å²) in [7, 11) is -3.55. The van der Waals surface area contributed by atoms with E-state index in [1.807, 2.05) is 0 Å². The van der Waals surface area contributed by atoms with Gasteiger partial charge in [0.1, 0.15) is 9.88 Å². The van der Waals surface area contributed by atoms with E-state index >= 15 is 0 Å². The van der Waals surface area contributed by atoms with Gasteiger partial charge in [0.25, 0.3) is 0 Å². The van der Waals surface area contributed by atoms with E-state index in [2.05, 4.69) is 4.72 Å². The second-order valence-corrected chi connectivity index (χ2v) is 6.89. The number of benzene rings is 1. The first-order chi connectivity index (χ1) is 8.40. The van der Waals surface area contributed by atoms with Gasteiger partial charge >= 0.3 is 0 Å². The minimum absolute atomic E-state index is 0.0600. The van der Waals surface area contributed by atoms with E-state index in [1.165, 1.54) is 12.1 Å².